The van der Waals surface area contributed by atoms with E-state index in [1.807, 2.05) is 0 Å². The van der Waals surface area contributed by atoms with Crippen LogP contribution in [0.15, 0.2) is 16.6 Å². The van der Waals surface area contributed by atoms with Crippen LogP contribution in [0.25, 0.3) is 0 Å². The molecule has 1 aliphatic heterocycles. The molecule has 0 aromatic carbocycles. The number of oxime groups is 1. The molecular weight excluding hydrogens is 469 g/mol. The van der Waals surface area contributed by atoms with E-state index >= 15 is 0 Å². The smallest absolute Gasteiger partial charge is 0.714 e. The second-order valence-electron chi connectivity index (χ2n) is 5.52. The summed E-state index contributed by atoms with van der Waals surface area (Å²) >= 11 is 0.581. The number of rotatable bonds is 8. The number of aliphatic hydroxyl groups is 4. The van der Waals surface area contributed by atoms with Gasteiger partial charge in [0.15, 0.2) is 9.84 Å². The predicted molar refractivity (Wildman–Crippen MR) is 92.8 cm³/mol. The zero-order valence-electron chi connectivity index (χ0n) is 15.0. The molecule has 1 saturated heterocycles. The summed E-state index contributed by atoms with van der Waals surface area (Å²) in [6.45, 7) is -0.670. The van der Waals surface area contributed by atoms with E-state index < -0.39 is 56.7 Å². The van der Waals surface area contributed by atoms with Crippen LogP contribution < -0.4 is 51.4 Å². The molecule has 28 heavy (non-hydrogen) atoms. The summed E-state index contributed by atoms with van der Waals surface area (Å²) in [4.78, 5) is 0. The third-order valence-corrected chi connectivity index (χ3v) is 5.32. The molecule has 16 heteroatoms. The molecule has 0 amide bonds. The van der Waals surface area contributed by atoms with Crippen LogP contribution in [-0.4, -0.2) is 89.6 Å². The normalized spacial score (nSPS) is 29.5. The molecule has 0 radical (unpaired) electrons. The summed E-state index contributed by atoms with van der Waals surface area (Å²) in [7, 11) is -8.54. The van der Waals surface area contributed by atoms with Crippen LogP contribution >= 0.6 is 11.8 Å². The summed E-state index contributed by atoms with van der Waals surface area (Å²) in [5.41, 5.74) is -1.28. The number of sulfone groups is 1. The molecule has 5 atom stereocenters. The van der Waals surface area contributed by atoms with Gasteiger partial charge in [-0.3, -0.25) is 4.28 Å². The third kappa shape index (κ3) is 10.8. The minimum atomic E-state index is -5.16. The van der Waals surface area contributed by atoms with Crippen LogP contribution in [0.1, 0.15) is 12.8 Å². The van der Waals surface area contributed by atoms with Crippen molar-refractivity contribution in [1.29, 1.82) is 0 Å². The second kappa shape index (κ2) is 12.6. The Labute approximate surface area is 209 Å². The zero-order chi connectivity index (χ0) is 20.8. The van der Waals surface area contributed by atoms with Crippen LogP contribution in [0.3, 0.4) is 0 Å². The molecule has 1 aliphatic rings. The van der Waals surface area contributed by atoms with Gasteiger partial charge in [0.05, 0.1) is 6.61 Å². The topological polar surface area (TPSA) is 203 Å². The van der Waals surface area contributed by atoms with Crippen molar-refractivity contribution in [1.82, 2.24) is 0 Å². The van der Waals surface area contributed by atoms with E-state index in [2.05, 4.69) is 9.44 Å². The van der Waals surface area contributed by atoms with Crippen molar-refractivity contribution in [2.24, 2.45) is 5.16 Å². The van der Waals surface area contributed by atoms with E-state index in [-0.39, 0.29) is 69.3 Å². The number of aliphatic hydroxyl groups excluding tert-OH is 4. The predicted octanol–water partition coefficient (Wildman–Crippen LogP) is -5.35. The SMILES string of the molecule is CS(=O)(=O)/C=C/CC/C(=N/OS(=O)(=O)[O-])S[C@@H]1O[C@H](CO)[C@@H](O)[C@H](O)[C@H]1O.[K+]. The van der Waals surface area contributed by atoms with Crippen LogP contribution in [-0.2, 0) is 29.3 Å². The Kier molecular flexibility index (Phi) is 13.0. The molecule has 0 aliphatic carbocycles. The average molecular weight is 490 g/mol. The van der Waals surface area contributed by atoms with Gasteiger partial charge in [-0.05, 0) is 6.42 Å². The maximum Gasteiger partial charge on any atom is 1.00 e. The van der Waals surface area contributed by atoms with Crippen molar-refractivity contribution in [3.63, 3.8) is 0 Å². The molecule has 0 saturated carbocycles. The van der Waals surface area contributed by atoms with Crippen LogP contribution in [0, 0.1) is 0 Å². The van der Waals surface area contributed by atoms with Crippen LogP contribution in [0.5, 0.6) is 0 Å². The van der Waals surface area contributed by atoms with Gasteiger partial charge in [0.25, 0.3) is 10.4 Å². The van der Waals surface area contributed by atoms with Gasteiger partial charge < -0.3 is 29.7 Å². The number of thioether (sulfide) groups is 1. The summed E-state index contributed by atoms with van der Waals surface area (Å²) in [6, 6.07) is 0. The standard InChI is InChI=1S/C12H21NO11S3.K/c1-26(18,19)5-3-2-4-8(13-24-27(20,21)22)25-12-11(17)10(16)9(15)7(6-14)23-12;/h3,5,7,9-12,14-17H,2,4,6H2,1H3,(H,20,21,22);/q;+1/p-1/b5-3+,13-8-;/t7-,9-,10+,11-,12+;/m1./s1. The fourth-order valence-electron chi connectivity index (χ4n) is 1.96. The van der Waals surface area contributed by atoms with Crippen LogP contribution in [0.4, 0.5) is 0 Å². The molecule has 0 unspecified atom stereocenters. The largest absolute Gasteiger partial charge is 1.00 e. The Morgan fingerprint density at radius 3 is 2.32 bits per heavy atom. The van der Waals surface area contributed by atoms with E-state index in [9.17, 15) is 36.7 Å². The van der Waals surface area contributed by atoms with Gasteiger partial charge in [0, 0.05) is 18.1 Å². The average Bonchev–Trinajstić information content (AvgIpc) is 2.54. The Hall–Kier alpha value is 0.856. The second-order valence-corrected chi connectivity index (χ2v) is 9.59. The number of hydrogen-bond donors (Lipinski definition) is 4. The van der Waals surface area contributed by atoms with E-state index in [1.165, 1.54) is 6.08 Å². The Balaban J connectivity index is 0.00000729. The van der Waals surface area contributed by atoms with Gasteiger partial charge in [0.2, 0.25) is 0 Å². The van der Waals surface area contributed by atoms with Crippen molar-refractivity contribution < 1.29 is 102 Å². The summed E-state index contributed by atoms with van der Waals surface area (Å²) in [6.07, 6.45) is -3.90. The Bertz CT molecular complexity index is 753. The van der Waals surface area contributed by atoms with E-state index in [4.69, 9.17) is 9.84 Å². The Morgan fingerprint density at radius 1 is 1.21 bits per heavy atom. The molecule has 4 N–H and O–H groups in total. The molecule has 0 aromatic heterocycles. The van der Waals surface area contributed by atoms with Gasteiger partial charge in [-0.2, -0.15) is 8.42 Å². The first-order chi connectivity index (χ1) is 12.3. The molecule has 0 bridgehead atoms. The first-order valence-corrected chi connectivity index (χ1v) is 11.6. The summed E-state index contributed by atoms with van der Waals surface area (Å²) < 4.78 is 62.8. The zero-order valence-corrected chi connectivity index (χ0v) is 20.6. The molecule has 1 fully saturated rings. The molecule has 158 valence electrons. The van der Waals surface area contributed by atoms with Gasteiger partial charge in [-0.1, -0.05) is 23.0 Å². The minimum absolute atomic E-state index is 0. The monoisotopic (exact) mass is 489 g/mol. The van der Waals surface area contributed by atoms with E-state index in [0.717, 1.165) is 11.7 Å². The van der Waals surface area contributed by atoms with Gasteiger partial charge >= 0.3 is 51.4 Å². The van der Waals surface area contributed by atoms with E-state index in [0.29, 0.717) is 11.8 Å². The molecule has 12 nitrogen and oxygen atoms in total. The fraction of sp³-hybridized carbons (Fsp3) is 0.750. The number of nitrogens with zero attached hydrogens (tertiary/aromatic N) is 1. The Morgan fingerprint density at radius 2 is 1.82 bits per heavy atom. The maximum absolute atomic E-state index is 11.0. The van der Waals surface area contributed by atoms with Crippen molar-refractivity contribution in [3.8, 4) is 0 Å². The van der Waals surface area contributed by atoms with Gasteiger partial charge in [-0.25, -0.2) is 8.42 Å². The van der Waals surface area contributed by atoms with Crippen molar-refractivity contribution in [3.05, 3.63) is 11.5 Å². The fourth-order valence-corrected chi connectivity index (χ4v) is 3.76. The van der Waals surface area contributed by atoms with Gasteiger partial charge in [-0.15, -0.1) is 0 Å². The first kappa shape index (κ1) is 28.9. The summed E-state index contributed by atoms with van der Waals surface area (Å²) in [5, 5.41) is 42.5. The van der Waals surface area contributed by atoms with Crippen molar-refractivity contribution >= 4 is 37.0 Å². The first-order valence-electron chi connectivity index (χ1n) is 7.39. The number of allylic oxidation sites excluding steroid dienone is 1. The van der Waals surface area contributed by atoms with Gasteiger partial charge in [0.1, 0.15) is 34.9 Å². The summed E-state index contributed by atoms with van der Waals surface area (Å²) in [5.74, 6) is 0. The molecular formula is C12H20KNO11S3. The van der Waals surface area contributed by atoms with Crippen molar-refractivity contribution in [2.75, 3.05) is 12.9 Å². The number of ether oxygens (including phenoxy) is 1. The molecule has 1 rings (SSSR count). The number of hydrogen-bond acceptors (Lipinski definition) is 13. The van der Waals surface area contributed by atoms with Crippen LogP contribution in [0.2, 0.25) is 0 Å². The minimum Gasteiger partial charge on any atom is -0.714 e. The van der Waals surface area contributed by atoms with E-state index in [1.54, 1.807) is 0 Å². The third-order valence-electron chi connectivity index (χ3n) is 3.20. The van der Waals surface area contributed by atoms with Crippen molar-refractivity contribution in [2.45, 2.75) is 42.7 Å². The molecule has 0 spiro atoms. The quantitative estimate of drug-likeness (QED) is 0.0630. The molecule has 0 aromatic rings. The molecule has 1 heterocycles. The maximum atomic E-state index is 11.0.